The molecule has 0 radical (unpaired) electrons. The van der Waals surface area contributed by atoms with Crippen LogP contribution in [-0.4, -0.2) is 31.5 Å². The lowest BCUT2D eigenvalue weighted by Crippen LogP contribution is -2.14. The van der Waals surface area contributed by atoms with Gasteiger partial charge in [0, 0.05) is 0 Å². The van der Waals surface area contributed by atoms with Gasteiger partial charge < -0.3 is 4.74 Å². The van der Waals surface area contributed by atoms with E-state index in [0.29, 0.717) is 9.90 Å². The summed E-state index contributed by atoms with van der Waals surface area (Å²) in [4.78, 5) is 16.3. The molecule has 0 amide bonds. The van der Waals surface area contributed by atoms with E-state index < -0.39 is 16.1 Å². The van der Waals surface area contributed by atoms with Crippen LogP contribution in [0.3, 0.4) is 0 Å². The summed E-state index contributed by atoms with van der Waals surface area (Å²) >= 11 is 2.24. The number of oxime groups is 1. The van der Waals surface area contributed by atoms with Gasteiger partial charge >= 0.3 is 16.1 Å². The van der Waals surface area contributed by atoms with Gasteiger partial charge in [-0.05, 0) is 29.5 Å². The Labute approximate surface area is 164 Å². The van der Waals surface area contributed by atoms with E-state index in [-0.39, 0.29) is 10.8 Å². The summed E-state index contributed by atoms with van der Waals surface area (Å²) in [7, 11) is -2.84. The lowest BCUT2D eigenvalue weighted by Gasteiger charge is -2.04. The van der Waals surface area contributed by atoms with Crippen LogP contribution in [0.1, 0.15) is 5.56 Å². The standard InChI is InChI=1S/C17H14N2O5S3/c1-23-16(20)15(26-17-18-13-9-5-6-10-14(13)25-17)19-24-27(21,22)11-12-7-3-2-4-8-12/h2-10H,11H2,1H3. The highest BCUT2D eigenvalue weighted by Gasteiger charge is 2.20. The maximum Gasteiger partial charge on any atom is 0.367 e. The minimum atomic E-state index is -4.01. The van der Waals surface area contributed by atoms with Crippen LogP contribution >= 0.6 is 23.1 Å². The van der Waals surface area contributed by atoms with Gasteiger partial charge in [-0.3, -0.25) is 4.28 Å². The number of thioether (sulfide) groups is 1. The van der Waals surface area contributed by atoms with Gasteiger partial charge in [0.2, 0.25) is 5.04 Å². The van der Waals surface area contributed by atoms with Crippen molar-refractivity contribution in [1.29, 1.82) is 0 Å². The fourth-order valence-electron chi connectivity index (χ4n) is 2.06. The first kappa shape index (κ1) is 19.3. The number of nitrogens with zero attached hydrogens (tertiary/aromatic N) is 2. The number of thiazole rings is 1. The van der Waals surface area contributed by atoms with Crippen molar-refractivity contribution in [2.24, 2.45) is 5.16 Å². The second-order valence-corrected chi connectivity index (χ2v) is 9.02. The highest BCUT2D eigenvalue weighted by molar-refractivity contribution is 8.17. The summed E-state index contributed by atoms with van der Waals surface area (Å²) in [6.07, 6.45) is 0. The summed E-state index contributed by atoms with van der Waals surface area (Å²) < 4.78 is 35.0. The number of carbonyl (C=O) groups is 1. The molecule has 0 N–H and O–H groups in total. The van der Waals surface area contributed by atoms with Crippen LogP contribution in [0.25, 0.3) is 10.2 Å². The summed E-state index contributed by atoms with van der Waals surface area (Å²) in [5.41, 5.74) is 1.32. The third kappa shape index (κ3) is 5.28. The van der Waals surface area contributed by atoms with E-state index in [2.05, 4.69) is 19.2 Å². The zero-order valence-electron chi connectivity index (χ0n) is 14.1. The molecule has 0 aliphatic carbocycles. The maximum atomic E-state index is 12.1. The molecule has 0 atom stereocenters. The van der Waals surface area contributed by atoms with Gasteiger partial charge in [-0.1, -0.05) is 47.6 Å². The fraction of sp³-hybridized carbons (Fsp3) is 0.118. The number of carbonyl (C=O) groups excluding carboxylic acids is 1. The Balaban J connectivity index is 1.78. The summed E-state index contributed by atoms with van der Waals surface area (Å²) in [6.45, 7) is 0. The molecule has 0 saturated carbocycles. The summed E-state index contributed by atoms with van der Waals surface area (Å²) in [5.74, 6) is -1.17. The molecule has 2 aromatic carbocycles. The highest BCUT2D eigenvalue weighted by Crippen LogP contribution is 2.30. The van der Waals surface area contributed by atoms with Crippen molar-refractivity contribution < 1.29 is 22.2 Å². The highest BCUT2D eigenvalue weighted by atomic mass is 32.2. The quantitative estimate of drug-likeness (QED) is 0.204. The first-order chi connectivity index (χ1) is 13.0. The van der Waals surface area contributed by atoms with Gasteiger partial charge in [0.15, 0.2) is 4.34 Å². The van der Waals surface area contributed by atoms with Crippen LogP contribution in [0.5, 0.6) is 0 Å². The van der Waals surface area contributed by atoms with Crippen molar-refractivity contribution in [2.45, 2.75) is 10.1 Å². The minimum Gasteiger partial charge on any atom is -0.464 e. The first-order valence-corrected chi connectivity index (χ1v) is 10.8. The predicted octanol–water partition coefficient (Wildman–Crippen LogP) is 3.42. The molecule has 27 heavy (non-hydrogen) atoms. The van der Waals surface area contributed by atoms with E-state index in [1.807, 2.05) is 24.3 Å². The van der Waals surface area contributed by atoms with Gasteiger partial charge in [0.05, 0.1) is 17.3 Å². The molecule has 1 aromatic heterocycles. The Bertz CT molecular complexity index is 1050. The Morgan fingerprint density at radius 1 is 1.15 bits per heavy atom. The SMILES string of the molecule is COC(=O)C(=NOS(=O)(=O)Cc1ccccc1)Sc1nc2ccccc2s1. The monoisotopic (exact) mass is 422 g/mol. The van der Waals surface area contributed by atoms with Crippen molar-refractivity contribution in [3.05, 3.63) is 60.2 Å². The smallest absolute Gasteiger partial charge is 0.367 e. The third-order valence-corrected chi connectivity index (χ3v) is 6.26. The van der Waals surface area contributed by atoms with Crippen LogP contribution in [0.4, 0.5) is 0 Å². The number of para-hydroxylation sites is 1. The number of aromatic nitrogens is 1. The van der Waals surface area contributed by atoms with Gasteiger partial charge in [-0.2, -0.15) is 8.42 Å². The van der Waals surface area contributed by atoms with Crippen molar-refractivity contribution >= 4 is 54.4 Å². The number of ether oxygens (including phenoxy) is 1. The molecular weight excluding hydrogens is 408 g/mol. The van der Waals surface area contributed by atoms with Gasteiger partial charge in [-0.25, -0.2) is 9.78 Å². The van der Waals surface area contributed by atoms with E-state index in [1.165, 1.54) is 18.4 Å². The molecule has 1 heterocycles. The predicted molar refractivity (Wildman–Crippen MR) is 105 cm³/mol. The number of benzene rings is 2. The van der Waals surface area contributed by atoms with Crippen molar-refractivity contribution in [2.75, 3.05) is 7.11 Å². The maximum absolute atomic E-state index is 12.1. The number of rotatable bonds is 5. The molecule has 0 spiro atoms. The van der Waals surface area contributed by atoms with Crippen LogP contribution in [0.2, 0.25) is 0 Å². The second kappa shape index (κ2) is 8.51. The summed E-state index contributed by atoms with van der Waals surface area (Å²) in [6, 6.07) is 16.0. The Hall–Kier alpha value is -2.43. The molecular formula is C17H14N2O5S3. The molecule has 0 saturated heterocycles. The number of methoxy groups -OCH3 is 1. The molecule has 0 fully saturated rings. The minimum absolute atomic E-state index is 0.256. The lowest BCUT2D eigenvalue weighted by molar-refractivity contribution is -0.132. The zero-order valence-corrected chi connectivity index (χ0v) is 16.5. The van der Waals surface area contributed by atoms with E-state index in [0.717, 1.165) is 22.0 Å². The first-order valence-electron chi connectivity index (χ1n) is 7.62. The molecule has 0 unspecified atom stereocenters. The van der Waals surface area contributed by atoms with Crippen LogP contribution < -0.4 is 0 Å². The largest absolute Gasteiger partial charge is 0.464 e. The number of hydrogen-bond acceptors (Lipinski definition) is 9. The fourth-order valence-corrected chi connectivity index (χ4v) is 4.87. The van der Waals surface area contributed by atoms with E-state index >= 15 is 0 Å². The molecule has 10 heteroatoms. The summed E-state index contributed by atoms with van der Waals surface area (Å²) in [5, 5.41) is 3.26. The van der Waals surface area contributed by atoms with E-state index in [1.54, 1.807) is 30.3 Å². The van der Waals surface area contributed by atoms with E-state index in [9.17, 15) is 13.2 Å². The van der Waals surface area contributed by atoms with Crippen molar-refractivity contribution in [1.82, 2.24) is 4.98 Å². The van der Waals surface area contributed by atoms with Crippen molar-refractivity contribution in [3.8, 4) is 0 Å². The number of hydrogen-bond donors (Lipinski definition) is 0. The van der Waals surface area contributed by atoms with E-state index in [4.69, 9.17) is 0 Å². The Kier molecular flexibility index (Phi) is 6.09. The zero-order chi connectivity index (χ0) is 19.3. The molecule has 0 aliphatic rings. The third-order valence-electron chi connectivity index (χ3n) is 3.24. The Morgan fingerprint density at radius 2 is 1.85 bits per heavy atom. The average molecular weight is 423 g/mol. The molecule has 0 aliphatic heterocycles. The molecule has 0 bridgehead atoms. The second-order valence-electron chi connectivity index (χ2n) is 5.20. The lowest BCUT2D eigenvalue weighted by atomic mass is 10.2. The average Bonchev–Trinajstić information content (AvgIpc) is 3.07. The van der Waals surface area contributed by atoms with Crippen molar-refractivity contribution in [3.63, 3.8) is 0 Å². The topological polar surface area (TPSA) is 94.9 Å². The normalized spacial score (nSPS) is 12.1. The van der Waals surface area contributed by atoms with Gasteiger partial charge in [-0.15, -0.1) is 11.3 Å². The Morgan fingerprint density at radius 3 is 2.56 bits per heavy atom. The number of esters is 1. The van der Waals surface area contributed by atoms with Gasteiger partial charge in [0.25, 0.3) is 0 Å². The van der Waals surface area contributed by atoms with Gasteiger partial charge in [0.1, 0.15) is 5.75 Å². The molecule has 3 rings (SSSR count). The van der Waals surface area contributed by atoms with Crippen LogP contribution in [-0.2, 0) is 29.7 Å². The van der Waals surface area contributed by atoms with Crippen LogP contribution in [0.15, 0.2) is 64.1 Å². The number of fused-ring (bicyclic) bond motifs is 1. The molecule has 3 aromatic rings. The molecule has 140 valence electrons. The molecule has 7 nitrogen and oxygen atoms in total. The van der Waals surface area contributed by atoms with Crippen LogP contribution in [0, 0.1) is 0 Å².